The number of anilines is 1. The van der Waals surface area contributed by atoms with E-state index in [1.807, 2.05) is 12.3 Å². The largest absolute Gasteiger partial charge is 0.384 e. The van der Waals surface area contributed by atoms with Crippen molar-refractivity contribution in [1.82, 2.24) is 4.90 Å². The maximum atomic E-state index is 11.8. The van der Waals surface area contributed by atoms with Gasteiger partial charge in [-0.3, -0.25) is 14.5 Å². The lowest BCUT2D eigenvalue weighted by Crippen LogP contribution is -2.24. The standard InChI is InChI=1S/C12H14N2O2S/c1-14-11(15)9-4-3-8(13-5-6-17-2)7-10(9)12(14)16/h3-4,7,13H,5-6H2,1-2H3. The number of hydrogen-bond donors (Lipinski definition) is 1. The summed E-state index contributed by atoms with van der Waals surface area (Å²) in [6, 6.07) is 5.30. The van der Waals surface area contributed by atoms with E-state index >= 15 is 0 Å². The molecule has 1 heterocycles. The van der Waals surface area contributed by atoms with Crippen molar-refractivity contribution in [3.63, 3.8) is 0 Å². The van der Waals surface area contributed by atoms with Crippen LogP contribution in [0.4, 0.5) is 5.69 Å². The van der Waals surface area contributed by atoms with Crippen LogP contribution in [0.5, 0.6) is 0 Å². The summed E-state index contributed by atoms with van der Waals surface area (Å²) in [5.41, 5.74) is 1.87. The molecule has 0 saturated heterocycles. The van der Waals surface area contributed by atoms with Gasteiger partial charge in [-0.1, -0.05) is 0 Å². The highest BCUT2D eigenvalue weighted by atomic mass is 32.2. The Bertz CT molecular complexity index is 474. The van der Waals surface area contributed by atoms with Crippen LogP contribution < -0.4 is 5.32 Å². The molecule has 0 spiro atoms. The quantitative estimate of drug-likeness (QED) is 0.652. The summed E-state index contributed by atoms with van der Waals surface area (Å²) in [5.74, 6) is 0.559. The van der Waals surface area contributed by atoms with Crippen LogP contribution in [0.25, 0.3) is 0 Å². The Morgan fingerprint density at radius 1 is 1.24 bits per heavy atom. The third-order valence-corrected chi connectivity index (χ3v) is 3.34. The summed E-state index contributed by atoms with van der Waals surface area (Å²) < 4.78 is 0. The van der Waals surface area contributed by atoms with Crippen LogP contribution in [-0.4, -0.2) is 42.3 Å². The number of carbonyl (C=O) groups is 2. The first kappa shape index (κ1) is 12.0. The van der Waals surface area contributed by atoms with Crippen molar-refractivity contribution in [3.8, 4) is 0 Å². The van der Waals surface area contributed by atoms with Crippen molar-refractivity contribution >= 4 is 29.3 Å². The van der Waals surface area contributed by atoms with E-state index in [1.165, 1.54) is 7.05 Å². The molecule has 1 aromatic rings. The van der Waals surface area contributed by atoms with Gasteiger partial charge in [-0.15, -0.1) is 0 Å². The van der Waals surface area contributed by atoms with Crippen LogP contribution in [-0.2, 0) is 0 Å². The molecule has 0 radical (unpaired) electrons. The molecule has 2 rings (SSSR count). The molecular weight excluding hydrogens is 236 g/mol. The third kappa shape index (κ3) is 2.15. The summed E-state index contributed by atoms with van der Waals surface area (Å²) in [6.07, 6.45) is 2.04. The zero-order valence-electron chi connectivity index (χ0n) is 9.82. The Balaban J connectivity index is 2.21. The number of imide groups is 1. The number of hydrogen-bond acceptors (Lipinski definition) is 4. The summed E-state index contributed by atoms with van der Waals surface area (Å²) in [4.78, 5) is 24.6. The van der Waals surface area contributed by atoms with Crippen molar-refractivity contribution in [2.45, 2.75) is 0 Å². The predicted molar refractivity (Wildman–Crippen MR) is 69.7 cm³/mol. The van der Waals surface area contributed by atoms with E-state index in [2.05, 4.69) is 5.32 Å². The van der Waals surface area contributed by atoms with Gasteiger partial charge in [0.15, 0.2) is 0 Å². The average molecular weight is 250 g/mol. The molecule has 17 heavy (non-hydrogen) atoms. The van der Waals surface area contributed by atoms with E-state index in [-0.39, 0.29) is 11.8 Å². The second kappa shape index (κ2) is 4.79. The Morgan fingerprint density at radius 3 is 2.65 bits per heavy atom. The van der Waals surface area contributed by atoms with Gasteiger partial charge in [0.2, 0.25) is 0 Å². The van der Waals surface area contributed by atoms with Crippen molar-refractivity contribution in [3.05, 3.63) is 29.3 Å². The molecule has 1 N–H and O–H groups in total. The number of fused-ring (bicyclic) bond motifs is 1. The molecule has 4 nitrogen and oxygen atoms in total. The Hall–Kier alpha value is -1.49. The van der Waals surface area contributed by atoms with E-state index in [4.69, 9.17) is 0 Å². The molecule has 0 unspecified atom stereocenters. The Morgan fingerprint density at radius 2 is 1.94 bits per heavy atom. The smallest absolute Gasteiger partial charge is 0.261 e. The zero-order valence-corrected chi connectivity index (χ0v) is 10.6. The second-order valence-corrected chi connectivity index (χ2v) is 4.83. The fourth-order valence-electron chi connectivity index (χ4n) is 1.77. The summed E-state index contributed by atoms with van der Waals surface area (Å²) in [5, 5.41) is 3.22. The fourth-order valence-corrected chi connectivity index (χ4v) is 2.07. The van der Waals surface area contributed by atoms with Gasteiger partial charge in [-0.05, 0) is 24.5 Å². The van der Waals surface area contributed by atoms with E-state index in [9.17, 15) is 9.59 Å². The molecular formula is C12H14N2O2S. The summed E-state index contributed by atoms with van der Waals surface area (Å²) >= 11 is 1.76. The monoisotopic (exact) mass is 250 g/mol. The molecule has 0 bridgehead atoms. The predicted octanol–water partition coefficient (Wildman–Crippen LogP) is 1.69. The van der Waals surface area contributed by atoms with Gasteiger partial charge < -0.3 is 5.32 Å². The van der Waals surface area contributed by atoms with Crippen LogP contribution >= 0.6 is 11.8 Å². The third-order valence-electron chi connectivity index (χ3n) is 2.72. The van der Waals surface area contributed by atoms with Crippen LogP contribution in [0.3, 0.4) is 0 Å². The average Bonchev–Trinajstić information content (AvgIpc) is 2.55. The first-order valence-corrected chi connectivity index (χ1v) is 6.74. The maximum absolute atomic E-state index is 11.8. The number of nitrogens with one attached hydrogen (secondary N) is 1. The Labute approximate surface area is 104 Å². The molecule has 1 aromatic carbocycles. The second-order valence-electron chi connectivity index (χ2n) is 3.85. The number of nitrogens with zero attached hydrogens (tertiary/aromatic N) is 1. The van der Waals surface area contributed by atoms with Crippen molar-refractivity contribution in [1.29, 1.82) is 0 Å². The van der Waals surface area contributed by atoms with Crippen LogP contribution in [0.1, 0.15) is 20.7 Å². The van der Waals surface area contributed by atoms with E-state index in [0.717, 1.165) is 22.9 Å². The van der Waals surface area contributed by atoms with Gasteiger partial charge in [0, 0.05) is 25.0 Å². The summed E-state index contributed by atoms with van der Waals surface area (Å²) in [6.45, 7) is 0.845. The minimum atomic E-state index is -0.224. The minimum Gasteiger partial charge on any atom is -0.384 e. The van der Waals surface area contributed by atoms with Crippen molar-refractivity contribution < 1.29 is 9.59 Å². The molecule has 90 valence electrons. The molecule has 5 heteroatoms. The van der Waals surface area contributed by atoms with E-state index < -0.39 is 0 Å². The number of benzene rings is 1. The van der Waals surface area contributed by atoms with Gasteiger partial charge in [-0.25, -0.2) is 0 Å². The molecule has 0 atom stereocenters. The lowest BCUT2D eigenvalue weighted by molar-refractivity contribution is 0.0693. The van der Waals surface area contributed by atoms with Gasteiger partial charge in [-0.2, -0.15) is 11.8 Å². The molecule has 0 aromatic heterocycles. The SMILES string of the molecule is CSCCNc1ccc2c(c1)C(=O)N(C)C2=O. The first-order valence-electron chi connectivity index (χ1n) is 5.34. The Kier molecular flexibility index (Phi) is 3.38. The normalized spacial score (nSPS) is 14.1. The van der Waals surface area contributed by atoms with Crippen molar-refractivity contribution in [2.75, 3.05) is 30.9 Å². The van der Waals surface area contributed by atoms with Crippen LogP contribution in [0.15, 0.2) is 18.2 Å². The first-order chi connectivity index (χ1) is 8.15. The zero-order chi connectivity index (χ0) is 12.4. The van der Waals surface area contributed by atoms with E-state index in [0.29, 0.717) is 11.1 Å². The minimum absolute atomic E-state index is 0.222. The van der Waals surface area contributed by atoms with Crippen LogP contribution in [0.2, 0.25) is 0 Å². The molecule has 0 saturated carbocycles. The highest BCUT2D eigenvalue weighted by Crippen LogP contribution is 2.24. The molecule has 0 aliphatic carbocycles. The van der Waals surface area contributed by atoms with Gasteiger partial charge in [0.25, 0.3) is 11.8 Å². The van der Waals surface area contributed by atoms with Gasteiger partial charge in [0.05, 0.1) is 11.1 Å². The molecule has 1 aliphatic heterocycles. The van der Waals surface area contributed by atoms with Crippen LogP contribution in [0, 0.1) is 0 Å². The summed E-state index contributed by atoms with van der Waals surface area (Å²) in [7, 11) is 1.51. The molecule has 2 amide bonds. The highest BCUT2D eigenvalue weighted by Gasteiger charge is 2.32. The fraction of sp³-hybridized carbons (Fsp3) is 0.333. The topological polar surface area (TPSA) is 49.4 Å². The van der Waals surface area contributed by atoms with E-state index in [1.54, 1.807) is 23.9 Å². The number of thioether (sulfide) groups is 1. The van der Waals surface area contributed by atoms with Gasteiger partial charge in [0.1, 0.15) is 0 Å². The number of rotatable bonds is 4. The number of carbonyl (C=O) groups excluding carboxylic acids is 2. The lowest BCUT2D eigenvalue weighted by atomic mass is 10.1. The van der Waals surface area contributed by atoms with Gasteiger partial charge >= 0.3 is 0 Å². The van der Waals surface area contributed by atoms with Crippen molar-refractivity contribution in [2.24, 2.45) is 0 Å². The molecule has 1 aliphatic rings. The molecule has 0 fully saturated rings. The highest BCUT2D eigenvalue weighted by molar-refractivity contribution is 7.98. The lowest BCUT2D eigenvalue weighted by Gasteiger charge is -2.05. The number of amides is 2. The maximum Gasteiger partial charge on any atom is 0.261 e.